The average Bonchev–Trinajstić information content (AvgIpc) is 2.60. The minimum atomic E-state index is -0.269. The normalized spacial score (nSPS) is 38.1. The lowest BCUT2D eigenvalue weighted by Crippen LogP contribution is -2.37. The Morgan fingerprint density at radius 3 is 2.47 bits per heavy atom. The molecule has 0 heterocycles. The van der Waals surface area contributed by atoms with Gasteiger partial charge in [0.15, 0.2) is 0 Å². The van der Waals surface area contributed by atoms with E-state index in [-0.39, 0.29) is 6.10 Å². The van der Waals surface area contributed by atoms with Gasteiger partial charge in [-0.15, -0.1) is 0 Å². The van der Waals surface area contributed by atoms with E-state index >= 15 is 0 Å². The zero-order valence-electron chi connectivity index (χ0n) is 13.3. The van der Waals surface area contributed by atoms with Crippen molar-refractivity contribution in [1.82, 2.24) is 4.90 Å². The van der Waals surface area contributed by atoms with E-state index < -0.39 is 0 Å². The number of rotatable bonds is 6. The molecular formula is C16H31NO2. The molecule has 2 saturated carbocycles. The van der Waals surface area contributed by atoms with Crippen molar-refractivity contribution in [2.75, 3.05) is 27.2 Å². The molecule has 0 spiro atoms. The lowest BCUT2D eigenvalue weighted by atomic mass is 9.70. The summed E-state index contributed by atoms with van der Waals surface area (Å²) in [5.41, 5.74) is 0.754. The first kappa shape index (κ1) is 15.3. The van der Waals surface area contributed by atoms with Gasteiger partial charge < -0.3 is 14.7 Å². The van der Waals surface area contributed by atoms with Crippen molar-refractivity contribution in [3.05, 3.63) is 0 Å². The highest BCUT2D eigenvalue weighted by Crippen LogP contribution is 2.66. The highest BCUT2D eigenvalue weighted by molar-refractivity contribution is 5.11. The van der Waals surface area contributed by atoms with Crippen LogP contribution in [0.3, 0.4) is 0 Å². The van der Waals surface area contributed by atoms with Crippen LogP contribution in [0.4, 0.5) is 0 Å². The monoisotopic (exact) mass is 269 g/mol. The predicted octanol–water partition coefficient (Wildman–Crippen LogP) is 2.53. The molecule has 2 aliphatic carbocycles. The number of likely N-dealkylation sites (N-methyl/N-ethyl adjacent to an activating group) is 1. The van der Waals surface area contributed by atoms with Crippen LogP contribution in [0.2, 0.25) is 0 Å². The van der Waals surface area contributed by atoms with Crippen molar-refractivity contribution in [3.63, 3.8) is 0 Å². The fraction of sp³-hybridized carbons (Fsp3) is 1.00. The summed E-state index contributed by atoms with van der Waals surface area (Å²) < 4.78 is 6.15. The molecule has 0 amide bonds. The molecule has 0 radical (unpaired) electrons. The second-order valence-corrected chi connectivity index (χ2v) is 7.67. The number of fused-ring (bicyclic) bond motifs is 2. The summed E-state index contributed by atoms with van der Waals surface area (Å²) in [6, 6.07) is 0. The molecular weight excluding hydrogens is 238 g/mol. The molecule has 0 saturated heterocycles. The fourth-order valence-electron chi connectivity index (χ4n) is 4.24. The van der Waals surface area contributed by atoms with Crippen molar-refractivity contribution in [2.24, 2.45) is 16.7 Å². The maximum Gasteiger partial charge on any atom is 0.0688 e. The van der Waals surface area contributed by atoms with Crippen LogP contribution in [0, 0.1) is 16.7 Å². The molecule has 2 fully saturated rings. The minimum Gasteiger partial charge on any atom is -0.392 e. The van der Waals surface area contributed by atoms with Gasteiger partial charge in [-0.1, -0.05) is 20.8 Å². The van der Waals surface area contributed by atoms with Crippen LogP contribution in [0.1, 0.15) is 46.5 Å². The molecule has 2 bridgehead atoms. The molecule has 19 heavy (non-hydrogen) atoms. The molecule has 3 nitrogen and oxygen atoms in total. The zero-order chi connectivity index (χ0) is 14.3. The van der Waals surface area contributed by atoms with E-state index in [4.69, 9.17) is 4.74 Å². The van der Waals surface area contributed by atoms with Crippen LogP contribution < -0.4 is 0 Å². The zero-order valence-corrected chi connectivity index (χ0v) is 13.3. The molecule has 2 aliphatic rings. The summed E-state index contributed by atoms with van der Waals surface area (Å²) in [4.78, 5) is 2.02. The molecule has 0 unspecified atom stereocenters. The van der Waals surface area contributed by atoms with Crippen LogP contribution in [0.25, 0.3) is 0 Å². The lowest BCUT2D eigenvalue weighted by molar-refractivity contribution is -0.0557. The number of aliphatic hydroxyl groups excluding tert-OH is 1. The second kappa shape index (κ2) is 5.34. The maximum atomic E-state index is 9.87. The summed E-state index contributed by atoms with van der Waals surface area (Å²) in [7, 11) is 3.98. The molecule has 112 valence electrons. The van der Waals surface area contributed by atoms with Crippen molar-refractivity contribution in [2.45, 2.75) is 58.7 Å². The van der Waals surface area contributed by atoms with Gasteiger partial charge in [-0.3, -0.25) is 0 Å². The standard InChI is InChI=1S/C16H31NO2/c1-15(2)12-6-8-16(15,3)14(10-12)19-9-7-13(18)11-17(4)5/h12-14,18H,6-11H2,1-5H3/t12-,13-,14+,16-/m1/s1. The highest BCUT2D eigenvalue weighted by atomic mass is 16.5. The van der Waals surface area contributed by atoms with E-state index in [0.717, 1.165) is 18.9 Å². The summed E-state index contributed by atoms with van der Waals surface area (Å²) >= 11 is 0. The molecule has 3 heteroatoms. The lowest BCUT2D eigenvalue weighted by Gasteiger charge is -2.39. The van der Waals surface area contributed by atoms with Gasteiger partial charge >= 0.3 is 0 Å². The van der Waals surface area contributed by atoms with Crippen LogP contribution in [-0.4, -0.2) is 49.5 Å². The Hall–Kier alpha value is -0.120. The quantitative estimate of drug-likeness (QED) is 0.804. The van der Waals surface area contributed by atoms with Crippen LogP contribution in [-0.2, 0) is 4.74 Å². The largest absolute Gasteiger partial charge is 0.392 e. The Balaban J connectivity index is 1.79. The number of ether oxygens (including phenoxy) is 1. The van der Waals surface area contributed by atoms with Gasteiger partial charge in [0.05, 0.1) is 12.2 Å². The number of hydrogen-bond acceptors (Lipinski definition) is 3. The maximum absolute atomic E-state index is 9.87. The number of nitrogens with zero attached hydrogens (tertiary/aromatic N) is 1. The Morgan fingerprint density at radius 2 is 2.00 bits per heavy atom. The molecule has 2 rings (SSSR count). The Bertz CT molecular complexity index is 316. The first-order valence-corrected chi connectivity index (χ1v) is 7.72. The summed E-state index contributed by atoms with van der Waals surface area (Å²) in [5.74, 6) is 0.828. The third kappa shape index (κ3) is 2.70. The van der Waals surface area contributed by atoms with Gasteiger partial charge in [-0.2, -0.15) is 0 Å². The van der Waals surface area contributed by atoms with E-state index in [9.17, 15) is 5.11 Å². The Labute approximate surface area is 118 Å². The molecule has 0 aromatic carbocycles. The Morgan fingerprint density at radius 1 is 1.32 bits per heavy atom. The van der Waals surface area contributed by atoms with E-state index in [0.29, 0.717) is 23.5 Å². The predicted molar refractivity (Wildman–Crippen MR) is 78.1 cm³/mol. The van der Waals surface area contributed by atoms with Gasteiger partial charge in [0.25, 0.3) is 0 Å². The van der Waals surface area contributed by atoms with Crippen LogP contribution in [0.15, 0.2) is 0 Å². The van der Waals surface area contributed by atoms with Crippen LogP contribution in [0.5, 0.6) is 0 Å². The van der Waals surface area contributed by atoms with Gasteiger partial charge in [0.1, 0.15) is 0 Å². The van der Waals surface area contributed by atoms with Gasteiger partial charge in [0.2, 0.25) is 0 Å². The third-order valence-electron chi connectivity index (χ3n) is 6.06. The van der Waals surface area contributed by atoms with Gasteiger partial charge in [-0.05, 0) is 56.5 Å². The van der Waals surface area contributed by atoms with Crippen molar-refractivity contribution >= 4 is 0 Å². The van der Waals surface area contributed by atoms with Crippen molar-refractivity contribution < 1.29 is 9.84 Å². The van der Waals surface area contributed by atoms with Gasteiger partial charge in [0, 0.05) is 13.2 Å². The molecule has 4 atom stereocenters. The fourth-order valence-corrected chi connectivity index (χ4v) is 4.24. The molecule has 0 aromatic heterocycles. The van der Waals surface area contributed by atoms with Gasteiger partial charge in [-0.25, -0.2) is 0 Å². The molecule has 0 aliphatic heterocycles. The van der Waals surface area contributed by atoms with E-state index in [1.807, 2.05) is 19.0 Å². The average molecular weight is 269 g/mol. The third-order valence-corrected chi connectivity index (χ3v) is 6.06. The molecule has 1 N–H and O–H groups in total. The van der Waals surface area contributed by atoms with E-state index in [1.165, 1.54) is 19.3 Å². The topological polar surface area (TPSA) is 32.7 Å². The smallest absolute Gasteiger partial charge is 0.0688 e. The minimum absolute atomic E-state index is 0.269. The first-order chi connectivity index (χ1) is 8.77. The van der Waals surface area contributed by atoms with E-state index in [2.05, 4.69) is 20.8 Å². The van der Waals surface area contributed by atoms with Crippen molar-refractivity contribution in [1.29, 1.82) is 0 Å². The summed E-state index contributed by atoms with van der Waals surface area (Å²) in [5, 5.41) is 9.87. The summed E-state index contributed by atoms with van der Waals surface area (Å²) in [6.07, 6.45) is 4.76. The molecule has 0 aromatic rings. The highest BCUT2D eigenvalue weighted by Gasteiger charge is 2.61. The first-order valence-electron chi connectivity index (χ1n) is 7.72. The van der Waals surface area contributed by atoms with Crippen LogP contribution >= 0.6 is 0 Å². The Kier molecular flexibility index (Phi) is 4.29. The van der Waals surface area contributed by atoms with E-state index in [1.54, 1.807) is 0 Å². The van der Waals surface area contributed by atoms with Crippen molar-refractivity contribution in [3.8, 4) is 0 Å². The SMILES string of the molecule is CN(C)C[C@H](O)CCO[C@H]1C[C@H]2CC[C@@]1(C)C2(C)C. The summed E-state index contributed by atoms with van der Waals surface area (Å²) in [6.45, 7) is 8.64. The number of hydrogen-bond donors (Lipinski definition) is 1. The second-order valence-electron chi connectivity index (χ2n) is 7.67. The number of aliphatic hydroxyl groups is 1.